The highest BCUT2D eigenvalue weighted by molar-refractivity contribution is 6.30. The van der Waals surface area contributed by atoms with E-state index in [-0.39, 0.29) is 28.4 Å². The van der Waals surface area contributed by atoms with E-state index in [1.165, 1.54) is 18.4 Å². The summed E-state index contributed by atoms with van der Waals surface area (Å²) in [5.41, 5.74) is 3.12. The van der Waals surface area contributed by atoms with E-state index in [1.807, 2.05) is 6.07 Å². The number of carbonyl (C=O) groups excluding carboxylic acids is 1. The van der Waals surface area contributed by atoms with Gasteiger partial charge in [0.1, 0.15) is 5.02 Å². The summed E-state index contributed by atoms with van der Waals surface area (Å²) < 4.78 is 0. The lowest BCUT2D eigenvalue weighted by molar-refractivity contribution is -0.119. The maximum Gasteiger partial charge on any atom is 0.266 e. The molecule has 1 aromatic carbocycles. The van der Waals surface area contributed by atoms with Crippen molar-refractivity contribution in [3.8, 4) is 0 Å². The standard InChI is InChI=1S/C20H21ClN2O2/c21-17-8-9-18(23-20(17)25)16(11-15-7-10-19(24)22-15)14-5-3-13(4-6-14)12-1-2-12/h3-6,8-9,12,15-16H,1-2,7,10-11H2,(H,22,24)(H,23,25)/t15-,16?/m1/s1. The van der Waals surface area contributed by atoms with E-state index in [0.717, 1.165) is 30.0 Å². The van der Waals surface area contributed by atoms with Crippen molar-refractivity contribution in [2.75, 3.05) is 0 Å². The highest BCUT2D eigenvalue weighted by atomic mass is 35.5. The minimum atomic E-state index is -0.269. The largest absolute Gasteiger partial charge is 0.353 e. The Bertz CT molecular complexity index is 840. The molecule has 1 saturated heterocycles. The lowest BCUT2D eigenvalue weighted by Gasteiger charge is -2.22. The van der Waals surface area contributed by atoms with Crippen LogP contribution in [0.25, 0.3) is 0 Å². The summed E-state index contributed by atoms with van der Waals surface area (Å²) in [5.74, 6) is 0.857. The number of amides is 1. The smallest absolute Gasteiger partial charge is 0.266 e. The number of hydrogen-bond acceptors (Lipinski definition) is 2. The maximum absolute atomic E-state index is 12.0. The Balaban J connectivity index is 1.65. The molecule has 0 spiro atoms. The molecule has 5 heteroatoms. The Morgan fingerprint density at radius 1 is 1.04 bits per heavy atom. The predicted octanol–water partition coefficient (Wildman–Crippen LogP) is 3.71. The lowest BCUT2D eigenvalue weighted by atomic mass is 9.87. The first kappa shape index (κ1) is 16.4. The number of nitrogens with one attached hydrogen (secondary N) is 2. The van der Waals surface area contributed by atoms with Crippen LogP contribution in [0, 0.1) is 0 Å². The molecule has 1 unspecified atom stereocenters. The van der Waals surface area contributed by atoms with Gasteiger partial charge in [0.05, 0.1) is 0 Å². The quantitative estimate of drug-likeness (QED) is 0.857. The Labute approximate surface area is 151 Å². The SMILES string of the molecule is O=C1CC[C@H](CC(c2ccc(C3CC3)cc2)c2ccc(Cl)c(=O)[nH]2)N1. The van der Waals surface area contributed by atoms with Gasteiger partial charge in [-0.1, -0.05) is 35.9 Å². The van der Waals surface area contributed by atoms with Crippen LogP contribution >= 0.6 is 11.6 Å². The van der Waals surface area contributed by atoms with E-state index in [1.54, 1.807) is 6.07 Å². The molecule has 25 heavy (non-hydrogen) atoms. The number of rotatable bonds is 5. The summed E-state index contributed by atoms with van der Waals surface area (Å²) in [4.78, 5) is 26.4. The minimum Gasteiger partial charge on any atom is -0.353 e. The van der Waals surface area contributed by atoms with Crippen molar-refractivity contribution in [2.24, 2.45) is 0 Å². The molecule has 1 aliphatic carbocycles. The topological polar surface area (TPSA) is 62.0 Å². The van der Waals surface area contributed by atoms with Crippen LogP contribution in [-0.4, -0.2) is 16.9 Å². The van der Waals surface area contributed by atoms with Crippen LogP contribution in [-0.2, 0) is 4.79 Å². The van der Waals surface area contributed by atoms with Gasteiger partial charge in [-0.3, -0.25) is 9.59 Å². The summed E-state index contributed by atoms with van der Waals surface area (Å²) in [5, 5.41) is 3.23. The van der Waals surface area contributed by atoms with Gasteiger partial charge in [-0.25, -0.2) is 0 Å². The second kappa shape index (κ2) is 6.68. The summed E-state index contributed by atoms with van der Waals surface area (Å²) in [7, 11) is 0. The summed E-state index contributed by atoms with van der Waals surface area (Å²) in [6, 6.07) is 12.4. The fourth-order valence-corrected chi connectivity index (χ4v) is 3.78. The molecule has 1 saturated carbocycles. The molecule has 2 aromatic rings. The van der Waals surface area contributed by atoms with E-state index in [0.29, 0.717) is 6.42 Å². The van der Waals surface area contributed by atoms with E-state index in [9.17, 15) is 9.59 Å². The van der Waals surface area contributed by atoms with Gasteiger partial charge >= 0.3 is 0 Å². The fourth-order valence-electron chi connectivity index (χ4n) is 3.67. The highest BCUT2D eigenvalue weighted by Crippen LogP contribution is 2.40. The van der Waals surface area contributed by atoms with Gasteiger partial charge in [-0.05, 0) is 54.9 Å². The Kier molecular flexibility index (Phi) is 4.38. The Morgan fingerprint density at radius 2 is 1.80 bits per heavy atom. The van der Waals surface area contributed by atoms with Crippen molar-refractivity contribution in [1.82, 2.24) is 10.3 Å². The van der Waals surface area contributed by atoms with E-state index < -0.39 is 0 Å². The van der Waals surface area contributed by atoms with Crippen molar-refractivity contribution in [3.05, 3.63) is 68.6 Å². The predicted molar refractivity (Wildman–Crippen MR) is 98.1 cm³/mol. The van der Waals surface area contributed by atoms with Crippen LogP contribution < -0.4 is 10.9 Å². The third-order valence-corrected chi connectivity index (χ3v) is 5.55. The molecule has 2 heterocycles. The average Bonchev–Trinajstić information content (AvgIpc) is 3.38. The number of aromatic amines is 1. The summed E-state index contributed by atoms with van der Waals surface area (Å²) >= 11 is 5.88. The van der Waals surface area contributed by atoms with Crippen LogP contribution in [0.2, 0.25) is 5.02 Å². The summed E-state index contributed by atoms with van der Waals surface area (Å²) in [6.07, 6.45) is 4.75. The van der Waals surface area contributed by atoms with Gasteiger partial charge < -0.3 is 10.3 Å². The number of benzene rings is 1. The van der Waals surface area contributed by atoms with Crippen molar-refractivity contribution in [1.29, 1.82) is 0 Å². The molecule has 2 aliphatic rings. The monoisotopic (exact) mass is 356 g/mol. The van der Waals surface area contributed by atoms with Crippen LogP contribution in [0.1, 0.15) is 60.8 Å². The fraction of sp³-hybridized carbons (Fsp3) is 0.400. The van der Waals surface area contributed by atoms with Crippen molar-refractivity contribution in [3.63, 3.8) is 0 Å². The van der Waals surface area contributed by atoms with Gasteiger partial charge in [-0.2, -0.15) is 0 Å². The zero-order chi connectivity index (χ0) is 17.4. The molecule has 4 rings (SSSR count). The molecule has 2 atom stereocenters. The van der Waals surface area contributed by atoms with E-state index in [4.69, 9.17) is 11.6 Å². The zero-order valence-corrected chi connectivity index (χ0v) is 14.7. The number of pyridine rings is 1. The first-order chi connectivity index (χ1) is 12.1. The molecule has 0 radical (unpaired) electrons. The van der Waals surface area contributed by atoms with Gasteiger partial charge in [0.15, 0.2) is 0 Å². The first-order valence-corrected chi connectivity index (χ1v) is 9.26. The molecule has 2 fully saturated rings. The summed E-state index contributed by atoms with van der Waals surface area (Å²) in [6.45, 7) is 0. The molecule has 130 valence electrons. The minimum absolute atomic E-state index is 0.0293. The second-order valence-electron chi connectivity index (χ2n) is 7.12. The molecular formula is C20H21ClN2O2. The number of carbonyl (C=O) groups is 1. The Hall–Kier alpha value is -2.07. The number of hydrogen-bond donors (Lipinski definition) is 2. The lowest BCUT2D eigenvalue weighted by Crippen LogP contribution is -2.28. The van der Waals surface area contributed by atoms with Crippen LogP contribution in [0.15, 0.2) is 41.2 Å². The average molecular weight is 357 g/mol. The molecule has 4 nitrogen and oxygen atoms in total. The molecule has 0 bridgehead atoms. The Morgan fingerprint density at radius 3 is 2.40 bits per heavy atom. The molecule has 1 amide bonds. The molecule has 2 N–H and O–H groups in total. The van der Waals surface area contributed by atoms with Gasteiger partial charge in [0, 0.05) is 24.1 Å². The zero-order valence-electron chi connectivity index (χ0n) is 13.9. The van der Waals surface area contributed by atoms with E-state index in [2.05, 4.69) is 34.6 Å². The third-order valence-electron chi connectivity index (χ3n) is 5.25. The number of halogens is 1. The van der Waals surface area contributed by atoms with E-state index >= 15 is 0 Å². The van der Waals surface area contributed by atoms with Gasteiger partial charge in [0.25, 0.3) is 5.56 Å². The van der Waals surface area contributed by atoms with Gasteiger partial charge in [-0.15, -0.1) is 0 Å². The van der Waals surface area contributed by atoms with Crippen molar-refractivity contribution < 1.29 is 4.79 Å². The van der Waals surface area contributed by atoms with Crippen LogP contribution in [0.5, 0.6) is 0 Å². The number of H-pyrrole nitrogens is 1. The normalized spacial score (nSPS) is 21.2. The van der Waals surface area contributed by atoms with Gasteiger partial charge in [0.2, 0.25) is 5.91 Å². The first-order valence-electron chi connectivity index (χ1n) is 8.88. The molecule has 1 aromatic heterocycles. The van der Waals surface area contributed by atoms with Crippen molar-refractivity contribution >= 4 is 17.5 Å². The molecular weight excluding hydrogens is 336 g/mol. The number of aromatic nitrogens is 1. The van der Waals surface area contributed by atoms with Crippen LogP contribution in [0.4, 0.5) is 0 Å². The second-order valence-corrected chi connectivity index (χ2v) is 7.53. The van der Waals surface area contributed by atoms with Crippen LogP contribution in [0.3, 0.4) is 0 Å². The molecule has 1 aliphatic heterocycles. The van der Waals surface area contributed by atoms with Crippen molar-refractivity contribution in [2.45, 2.75) is 50.0 Å². The maximum atomic E-state index is 12.0. The third kappa shape index (κ3) is 3.64. The highest BCUT2D eigenvalue weighted by Gasteiger charge is 2.27.